The number of carbonyl (C=O) groups is 1. The Kier molecular flexibility index (Phi) is 9.60. The predicted octanol–water partition coefficient (Wildman–Crippen LogP) is 5.49. The zero-order chi connectivity index (χ0) is 33.2. The maximum Gasteiger partial charge on any atom is 0.224 e. The van der Waals surface area contributed by atoms with Gasteiger partial charge in [-0.05, 0) is 56.0 Å². The molecule has 1 aromatic heterocycles. The molecule has 0 spiro atoms. The van der Waals surface area contributed by atoms with E-state index >= 15 is 0 Å². The van der Waals surface area contributed by atoms with Gasteiger partial charge >= 0.3 is 0 Å². The van der Waals surface area contributed by atoms with Crippen molar-refractivity contribution in [2.75, 3.05) is 73.6 Å². The molecule has 0 saturated carbocycles. The van der Waals surface area contributed by atoms with Gasteiger partial charge in [0.15, 0.2) is 5.82 Å². The highest BCUT2D eigenvalue weighted by atomic mass is 19.1. The van der Waals surface area contributed by atoms with E-state index in [9.17, 15) is 13.6 Å². The summed E-state index contributed by atoms with van der Waals surface area (Å²) >= 11 is 0. The Morgan fingerprint density at radius 1 is 0.917 bits per heavy atom. The molecule has 0 bridgehead atoms. The summed E-state index contributed by atoms with van der Waals surface area (Å²) in [5.41, 5.74) is 2.71. The molecule has 11 nitrogen and oxygen atoms in total. The number of hydrogen-bond acceptors (Lipinski definition) is 10. The normalized spacial score (nSPS) is 22.2. The van der Waals surface area contributed by atoms with Crippen LogP contribution in [0.5, 0.6) is 5.75 Å². The molecule has 1 amide bonds. The van der Waals surface area contributed by atoms with Crippen LogP contribution in [-0.4, -0.2) is 90.7 Å². The second kappa shape index (κ2) is 14.2. The number of piperidine rings is 1. The van der Waals surface area contributed by atoms with Gasteiger partial charge in [0.05, 0.1) is 36.8 Å². The van der Waals surface area contributed by atoms with Crippen LogP contribution in [0.3, 0.4) is 0 Å². The first kappa shape index (κ1) is 32.5. The first-order valence-electron chi connectivity index (χ1n) is 17.1. The van der Waals surface area contributed by atoms with Crippen molar-refractivity contribution in [3.63, 3.8) is 0 Å². The van der Waals surface area contributed by atoms with Crippen molar-refractivity contribution in [2.45, 2.75) is 63.6 Å². The lowest BCUT2D eigenvalue weighted by molar-refractivity contribution is -0.115. The van der Waals surface area contributed by atoms with Crippen LogP contribution in [0.4, 0.5) is 37.5 Å². The summed E-state index contributed by atoms with van der Waals surface area (Å²) in [6, 6.07) is 9.93. The average Bonchev–Trinajstić information content (AvgIpc) is 3.78. The minimum Gasteiger partial charge on any atom is -0.494 e. The van der Waals surface area contributed by atoms with Crippen LogP contribution in [-0.2, 0) is 9.63 Å². The highest BCUT2D eigenvalue weighted by Crippen LogP contribution is 2.41. The van der Waals surface area contributed by atoms with Gasteiger partial charge in [-0.3, -0.25) is 19.4 Å². The lowest BCUT2D eigenvalue weighted by atomic mass is 9.99. The fraction of sp³-hybridized carbons (Fsp3) is 0.514. The van der Waals surface area contributed by atoms with Gasteiger partial charge in [-0.2, -0.15) is 0 Å². The van der Waals surface area contributed by atoms with Crippen molar-refractivity contribution in [3.05, 3.63) is 59.9 Å². The van der Waals surface area contributed by atoms with Gasteiger partial charge < -0.3 is 20.3 Å². The molecule has 5 heterocycles. The van der Waals surface area contributed by atoms with Crippen LogP contribution in [0, 0.1) is 11.6 Å². The van der Waals surface area contributed by atoms with Crippen LogP contribution >= 0.6 is 0 Å². The van der Waals surface area contributed by atoms with Crippen molar-refractivity contribution in [1.82, 2.24) is 19.8 Å². The largest absolute Gasteiger partial charge is 0.494 e. The Labute approximate surface area is 280 Å². The number of nitrogens with one attached hydrogen (secondary N) is 2. The smallest absolute Gasteiger partial charge is 0.224 e. The van der Waals surface area contributed by atoms with Gasteiger partial charge in [0, 0.05) is 75.8 Å². The number of ether oxygens (including phenoxy) is 1. The molecule has 4 aliphatic rings. The monoisotopic (exact) mass is 662 g/mol. The molecular formula is C35H44F2N8O3. The summed E-state index contributed by atoms with van der Waals surface area (Å²) < 4.78 is 33.9. The van der Waals surface area contributed by atoms with E-state index in [1.54, 1.807) is 18.2 Å². The third-order valence-corrected chi connectivity index (χ3v) is 10.2. The molecule has 1 unspecified atom stereocenters. The number of nitrogens with zero attached hydrogens (tertiary/aromatic N) is 6. The van der Waals surface area contributed by atoms with Crippen LogP contribution in [0.15, 0.2) is 42.7 Å². The quantitative estimate of drug-likeness (QED) is 0.306. The molecular weight excluding hydrogens is 618 g/mol. The summed E-state index contributed by atoms with van der Waals surface area (Å²) in [6.07, 6.45) is 7.07. The highest BCUT2D eigenvalue weighted by molar-refractivity contribution is 5.96. The third-order valence-electron chi connectivity index (χ3n) is 10.2. The van der Waals surface area contributed by atoms with E-state index in [4.69, 9.17) is 9.57 Å². The Hall–Kier alpha value is -4.07. The molecule has 2 atom stereocenters. The van der Waals surface area contributed by atoms with Crippen LogP contribution in [0.2, 0.25) is 0 Å². The van der Waals surface area contributed by atoms with Gasteiger partial charge in [-0.25, -0.2) is 23.8 Å². The first-order chi connectivity index (χ1) is 23.4. The molecule has 13 heteroatoms. The average molecular weight is 663 g/mol. The van der Waals surface area contributed by atoms with Crippen molar-refractivity contribution >= 4 is 34.6 Å². The SMILES string of the molecule is CCC(=O)Nc1cc(Nc2cc(N3OCC[C@@H]3c3cc(F)cc(F)c3)ncn2)c(OC)cc1N1CCC(N2CCN3CCCC3C2)CC1. The third kappa shape index (κ3) is 6.90. The van der Waals surface area contributed by atoms with Crippen molar-refractivity contribution < 1.29 is 23.1 Å². The summed E-state index contributed by atoms with van der Waals surface area (Å²) in [4.78, 5) is 35.1. The number of halogens is 2. The molecule has 2 aromatic carbocycles. The van der Waals surface area contributed by atoms with Crippen LogP contribution in [0.25, 0.3) is 0 Å². The lowest BCUT2D eigenvalue weighted by Crippen LogP contribution is -2.55. The Morgan fingerprint density at radius 2 is 1.71 bits per heavy atom. The number of anilines is 5. The number of fused-ring (bicyclic) bond motifs is 1. The lowest BCUT2D eigenvalue weighted by Gasteiger charge is -2.45. The number of hydrogen-bond donors (Lipinski definition) is 2. The van der Waals surface area contributed by atoms with Gasteiger partial charge in [0.25, 0.3) is 0 Å². The number of rotatable bonds is 9. The molecule has 48 heavy (non-hydrogen) atoms. The van der Waals surface area contributed by atoms with Gasteiger partial charge in [0.2, 0.25) is 5.91 Å². The second-order valence-corrected chi connectivity index (χ2v) is 13.1. The second-order valence-electron chi connectivity index (χ2n) is 13.1. The summed E-state index contributed by atoms with van der Waals surface area (Å²) in [7, 11) is 1.62. The Bertz CT molecular complexity index is 1600. The molecule has 0 aliphatic carbocycles. The standard InChI is InChI=1S/C35H44F2N8O3/c1-3-35(46)41-28-18-29(40-33-20-34(39-22-38-33)45-30(8-14-48-45)23-15-24(36)17-25(37)16-23)32(47-2)19-31(28)43-10-6-26(7-11-43)44-13-12-42-9-4-5-27(42)21-44/h15-20,22,26-27,30H,3-14,21H2,1-2H3,(H,41,46)(H,38,39,40)/t27?,30-/m1/s1. The number of amides is 1. The number of hydroxylamine groups is 1. The molecule has 7 rings (SSSR count). The zero-order valence-corrected chi connectivity index (χ0v) is 27.6. The molecule has 256 valence electrons. The number of benzene rings is 2. The molecule has 4 saturated heterocycles. The van der Waals surface area contributed by atoms with E-state index in [0.717, 1.165) is 44.2 Å². The summed E-state index contributed by atoms with van der Waals surface area (Å²) in [5, 5.41) is 8.00. The van der Waals surface area contributed by atoms with E-state index in [1.165, 1.54) is 50.9 Å². The predicted molar refractivity (Wildman–Crippen MR) is 181 cm³/mol. The fourth-order valence-electron chi connectivity index (χ4n) is 7.69. The van der Waals surface area contributed by atoms with E-state index in [2.05, 4.69) is 35.3 Å². The van der Waals surface area contributed by atoms with Crippen LogP contribution in [0.1, 0.15) is 57.1 Å². The summed E-state index contributed by atoms with van der Waals surface area (Å²) in [5.74, 6) is 0.135. The van der Waals surface area contributed by atoms with E-state index in [0.29, 0.717) is 65.9 Å². The number of methoxy groups -OCH3 is 1. The number of aromatic nitrogens is 2. The van der Waals surface area contributed by atoms with Gasteiger partial charge in [0.1, 0.15) is 29.5 Å². The van der Waals surface area contributed by atoms with Crippen molar-refractivity contribution in [1.29, 1.82) is 0 Å². The Morgan fingerprint density at radius 3 is 2.48 bits per heavy atom. The Balaban J connectivity index is 1.10. The number of carbonyl (C=O) groups excluding carboxylic acids is 1. The van der Waals surface area contributed by atoms with Gasteiger partial charge in [-0.15, -0.1) is 0 Å². The van der Waals surface area contributed by atoms with E-state index in [1.807, 2.05) is 19.1 Å². The van der Waals surface area contributed by atoms with Crippen molar-refractivity contribution in [3.8, 4) is 5.75 Å². The van der Waals surface area contributed by atoms with Crippen molar-refractivity contribution in [2.24, 2.45) is 0 Å². The number of piperazine rings is 1. The van der Waals surface area contributed by atoms with E-state index < -0.39 is 17.7 Å². The summed E-state index contributed by atoms with van der Waals surface area (Å²) in [6.45, 7) is 8.74. The molecule has 3 aromatic rings. The molecule has 0 radical (unpaired) electrons. The topological polar surface area (TPSA) is 98.3 Å². The minimum absolute atomic E-state index is 0.0768. The van der Waals surface area contributed by atoms with E-state index in [-0.39, 0.29) is 5.91 Å². The highest BCUT2D eigenvalue weighted by Gasteiger charge is 2.35. The molecule has 4 fully saturated rings. The maximum absolute atomic E-state index is 14.0. The maximum atomic E-state index is 14.0. The molecule has 4 aliphatic heterocycles. The first-order valence-corrected chi connectivity index (χ1v) is 17.1. The zero-order valence-electron chi connectivity index (χ0n) is 27.6. The van der Waals surface area contributed by atoms with Gasteiger partial charge in [-0.1, -0.05) is 6.92 Å². The van der Waals surface area contributed by atoms with Crippen LogP contribution < -0.4 is 25.3 Å². The molecule has 2 N–H and O–H groups in total. The minimum atomic E-state index is -0.643. The fourth-order valence-corrected chi connectivity index (χ4v) is 7.69.